The highest BCUT2D eigenvalue weighted by Gasteiger charge is 2.36. The fourth-order valence-corrected chi connectivity index (χ4v) is 2.82. The van der Waals surface area contributed by atoms with Gasteiger partial charge >= 0.3 is 0 Å². The van der Waals surface area contributed by atoms with E-state index >= 15 is 0 Å². The van der Waals surface area contributed by atoms with E-state index in [0.29, 0.717) is 5.41 Å². The smallest absolute Gasteiger partial charge is 0.00203 e. The predicted molar refractivity (Wildman–Crippen MR) is 54.0 cm³/mol. The largest absolute Gasteiger partial charge is 0.330 e. The van der Waals surface area contributed by atoms with Gasteiger partial charge in [-0.2, -0.15) is 0 Å². The molecular weight excluding hydrogens is 146 g/mol. The van der Waals surface area contributed by atoms with Crippen LogP contribution in [0, 0.1) is 17.3 Å². The fraction of sp³-hybridized carbons (Fsp3) is 1.00. The molecule has 1 fully saturated rings. The Hall–Kier alpha value is -0.0400. The molecule has 1 aliphatic carbocycles. The lowest BCUT2D eigenvalue weighted by molar-refractivity contribution is 0.237. The Labute approximate surface area is 76.7 Å². The summed E-state index contributed by atoms with van der Waals surface area (Å²) in [4.78, 5) is 0. The Morgan fingerprint density at radius 1 is 1.50 bits per heavy atom. The van der Waals surface area contributed by atoms with E-state index in [1.807, 2.05) is 0 Å². The van der Waals surface area contributed by atoms with Gasteiger partial charge < -0.3 is 5.73 Å². The topological polar surface area (TPSA) is 26.0 Å². The van der Waals surface area contributed by atoms with Crippen LogP contribution in [0.3, 0.4) is 0 Å². The molecule has 1 aliphatic rings. The van der Waals surface area contributed by atoms with Gasteiger partial charge in [0.2, 0.25) is 0 Å². The summed E-state index contributed by atoms with van der Waals surface area (Å²) < 4.78 is 0. The number of hydrogen-bond donors (Lipinski definition) is 1. The first-order valence-corrected chi connectivity index (χ1v) is 5.28. The third-order valence-electron chi connectivity index (χ3n) is 3.22. The molecule has 0 aromatic rings. The molecule has 0 aliphatic heterocycles. The summed E-state index contributed by atoms with van der Waals surface area (Å²) in [5.74, 6) is 1.71. The third-order valence-corrected chi connectivity index (χ3v) is 3.22. The SMILES string of the molecule is CC(C)CC1(CN)CCC(C)C1. The Kier molecular flexibility index (Phi) is 3.16. The van der Waals surface area contributed by atoms with Crippen molar-refractivity contribution in [1.29, 1.82) is 0 Å². The molecular formula is C11H23N. The standard InChI is InChI=1S/C11H23N/c1-9(2)6-11(8-12)5-4-10(3)7-11/h9-10H,4-8,12H2,1-3H3. The van der Waals surface area contributed by atoms with E-state index < -0.39 is 0 Å². The number of nitrogens with two attached hydrogens (primary N) is 1. The minimum absolute atomic E-state index is 0.508. The maximum atomic E-state index is 5.88. The first-order chi connectivity index (χ1) is 5.58. The Morgan fingerprint density at radius 2 is 2.17 bits per heavy atom. The van der Waals surface area contributed by atoms with Gasteiger partial charge in [-0.1, -0.05) is 27.2 Å². The molecule has 0 radical (unpaired) electrons. The maximum absolute atomic E-state index is 5.88. The third kappa shape index (κ3) is 2.22. The van der Waals surface area contributed by atoms with Crippen molar-refractivity contribution in [2.24, 2.45) is 23.0 Å². The molecule has 0 heterocycles. The van der Waals surface area contributed by atoms with Crippen LogP contribution in [0.5, 0.6) is 0 Å². The van der Waals surface area contributed by atoms with Crippen molar-refractivity contribution in [3.05, 3.63) is 0 Å². The summed E-state index contributed by atoms with van der Waals surface area (Å²) in [6, 6.07) is 0. The van der Waals surface area contributed by atoms with Crippen molar-refractivity contribution in [2.75, 3.05) is 6.54 Å². The average Bonchev–Trinajstić information content (AvgIpc) is 2.32. The van der Waals surface area contributed by atoms with Gasteiger partial charge in [0.15, 0.2) is 0 Å². The molecule has 1 rings (SSSR count). The summed E-state index contributed by atoms with van der Waals surface area (Å²) in [5.41, 5.74) is 6.39. The van der Waals surface area contributed by atoms with Crippen molar-refractivity contribution in [1.82, 2.24) is 0 Å². The Morgan fingerprint density at radius 3 is 2.50 bits per heavy atom. The van der Waals surface area contributed by atoms with E-state index in [1.54, 1.807) is 0 Å². The predicted octanol–water partition coefficient (Wildman–Crippen LogP) is 2.80. The molecule has 72 valence electrons. The number of rotatable bonds is 3. The zero-order valence-electron chi connectivity index (χ0n) is 8.77. The van der Waals surface area contributed by atoms with Crippen LogP contribution in [0.2, 0.25) is 0 Å². The summed E-state index contributed by atoms with van der Waals surface area (Å²) in [7, 11) is 0. The van der Waals surface area contributed by atoms with Crippen LogP contribution in [-0.2, 0) is 0 Å². The molecule has 0 amide bonds. The van der Waals surface area contributed by atoms with Gasteiger partial charge in [0.1, 0.15) is 0 Å². The molecule has 0 aromatic carbocycles. The van der Waals surface area contributed by atoms with E-state index in [0.717, 1.165) is 18.4 Å². The quantitative estimate of drug-likeness (QED) is 0.690. The lowest BCUT2D eigenvalue weighted by Gasteiger charge is -2.29. The minimum Gasteiger partial charge on any atom is -0.330 e. The van der Waals surface area contributed by atoms with Gasteiger partial charge in [-0.05, 0) is 43.1 Å². The van der Waals surface area contributed by atoms with Gasteiger partial charge in [0, 0.05) is 0 Å². The van der Waals surface area contributed by atoms with Crippen LogP contribution in [0.1, 0.15) is 46.5 Å². The van der Waals surface area contributed by atoms with Gasteiger partial charge in [0.25, 0.3) is 0 Å². The Bertz CT molecular complexity index is 142. The van der Waals surface area contributed by atoms with Crippen molar-refractivity contribution >= 4 is 0 Å². The maximum Gasteiger partial charge on any atom is -0.00203 e. The summed E-state index contributed by atoms with van der Waals surface area (Å²) in [6.07, 6.45) is 5.45. The summed E-state index contributed by atoms with van der Waals surface area (Å²) in [6.45, 7) is 7.87. The normalized spacial score (nSPS) is 36.2. The average molecular weight is 169 g/mol. The summed E-state index contributed by atoms with van der Waals surface area (Å²) in [5, 5.41) is 0. The molecule has 2 unspecified atom stereocenters. The van der Waals surface area contributed by atoms with Crippen LogP contribution in [0.25, 0.3) is 0 Å². The minimum atomic E-state index is 0.508. The van der Waals surface area contributed by atoms with Crippen LogP contribution in [-0.4, -0.2) is 6.54 Å². The zero-order chi connectivity index (χ0) is 9.19. The lowest BCUT2D eigenvalue weighted by atomic mass is 9.78. The van der Waals surface area contributed by atoms with E-state index in [2.05, 4.69) is 20.8 Å². The van der Waals surface area contributed by atoms with Gasteiger partial charge in [-0.15, -0.1) is 0 Å². The lowest BCUT2D eigenvalue weighted by Crippen LogP contribution is -2.29. The molecule has 0 saturated heterocycles. The molecule has 2 N–H and O–H groups in total. The monoisotopic (exact) mass is 169 g/mol. The zero-order valence-corrected chi connectivity index (χ0v) is 8.77. The molecule has 12 heavy (non-hydrogen) atoms. The molecule has 1 nitrogen and oxygen atoms in total. The first kappa shape index (κ1) is 10.0. The second-order valence-electron chi connectivity index (χ2n) is 5.15. The molecule has 0 aromatic heterocycles. The van der Waals surface area contributed by atoms with Crippen molar-refractivity contribution in [3.8, 4) is 0 Å². The second-order valence-corrected chi connectivity index (χ2v) is 5.15. The van der Waals surface area contributed by atoms with E-state index in [1.165, 1.54) is 25.7 Å². The van der Waals surface area contributed by atoms with Crippen molar-refractivity contribution in [2.45, 2.75) is 46.5 Å². The molecule has 0 bridgehead atoms. The fourth-order valence-electron chi connectivity index (χ4n) is 2.82. The molecule has 1 heteroatoms. The van der Waals surface area contributed by atoms with Gasteiger partial charge in [-0.25, -0.2) is 0 Å². The summed E-state index contributed by atoms with van der Waals surface area (Å²) >= 11 is 0. The second kappa shape index (κ2) is 3.78. The van der Waals surface area contributed by atoms with Gasteiger partial charge in [-0.3, -0.25) is 0 Å². The van der Waals surface area contributed by atoms with Crippen molar-refractivity contribution < 1.29 is 0 Å². The van der Waals surface area contributed by atoms with E-state index in [4.69, 9.17) is 5.73 Å². The van der Waals surface area contributed by atoms with Crippen LogP contribution in [0.4, 0.5) is 0 Å². The first-order valence-electron chi connectivity index (χ1n) is 5.28. The molecule has 2 atom stereocenters. The highest BCUT2D eigenvalue weighted by Crippen LogP contribution is 2.44. The van der Waals surface area contributed by atoms with Crippen LogP contribution >= 0.6 is 0 Å². The highest BCUT2D eigenvalue weighted by atomic mass is 14.6. The van der Waals surface area contributed by atoms with Gasteiger partial charge in [0.05, 0.1) is 0 Å². The van der Waals surface area contributed by atoms with Crippen LogP contribution < -0.4 is 5.73 Å². The Balaban J connectivity index is 2.52. The van der Waals surface area contributed by atoms with E-state index in [9.17, 15) is 0 Å². The number of hydrogen-bond acceptors (Lipinski definition) is 1. The van der Waals surface area contributed by atoms with Crippen LogP contribution in [0.15, 0.2) is 0 Å². The highest BCUT2D eigenvalue weighted by molar-refractivity contribution is 4.89. The molecule has 0 spiro atoms. The van der Waals surface area contributed by atoms with Crippen molar-refractivity contribution in [3.63, 3.8) is 0 Å². The molecule has 1 saturated carbocycles. The van der Waals surface area contributed by atoms with E-state index in [-0.39, 0.29) is 0 Å².